The van der Waals surface area contributed by atoms with Crippen molar-refractivity contribution < 1.29 is 8.78 Å². The van der Waals surface area contributed by atoms with Gasteiger partial charge < -0.3 is 5.32 Å². The molecule has 1 radical (unpaired) electrons. The van der Waals surface area contributed by atoms with Gasteiger partial charge in [-0.2, -0.15) is 5.26 Å². The lowest BCUT2D eigenvalue weighted by molar-refractivity contribution is 0.574. The molecule has 18 heavy (non-hydrogen) atoms. The number of halogens is 2. The highest BCUT2D eigenvalue weighted by Crippen LogP contribution is 2.13. The highest BCUT2D eigenvalue weighted by Gasteiger charge is 2.06. The zero-order valence-electron chi connectivity index (χ0n) is 9.11. The molecular formula is C12H7F2N4. The molecule has 0 saturated heterocycles. The van der Waals surface area contributed by atoms with Crippen molar-refractivity contribution in [3.8, 4) is 6.07 Å². The Morgan fingerprint density at radius 1 is 1.39 bits per heavy atom. The normalized spacial score (nSPS) is 9.83. The Bertz CT molecular complexity index is 607. The zero-order valence-corrected chi connectivity index (χ0v) is 9.11. The monoisotopic (exact) mass is 245 g/mol. The first-order chi connectivity index (χ1) is 8.70. The Labute approximate surface area is 102 Å². The van der Waals surface area contributed by atoms with E-state index >= 15 is 0 Å². The van der Waals surface area contributed by atoms with Gasteiger partial charge in [0.1, 0.15) is 29.1 Å². The molecule has 0 aliphatic heterocycles. The molecular weight excluding hydrogens is 238 g/mol. The van der Waals surface area contributed by atoms with Crippen LogP contribution in [-0.4, -0.2) is 9.97 Å². The van der Waals surface area contributed by atoms with E-state index in [-0.39, 0.29) is 23.5 Å². The van der Waals surface area contributed by atoms with E-state index in [4.69, 9.17) is 5.26 Å². The van der Waals surface area contributed by atoms with E-state index in [0.29, 0.717) is 0 Å². The Kier molecular flexibility index (Phi) is 3.44. The summed E-state index contributed by atoms with van der Waals surface area (Å²) in [6, 6.07) is 5.19. The van der Waals surface area contributed by atoms with E-state index in [1.165, 1.54) is 12.3 Å². The van der Waals surface area contributed by atoms with Crippen LogP contribution in [0.25, 0.3) is 0 Å². The summed E-state index contributed by atoms with van der Waals surface area (Å²) in [6.07, 6.45) is 3.63. The number of anilines is 1. The number of benzene rings is 1. The van der Waals surface area contributed by atoms with Gasteiger partial charge in [0.25, 0.3) is 0 Å². The number of nitriles is 1. The standard InChI is InChI=1S/C12H7F2N4/c13-10-2-1-8(11(14)3-10)6-17-12-9(4-15)5-16-7-18-12/h1-3,5H,6H2,(H,16,17,18). The Balaban J connectivity index is 2.14. The quantitative estimate of drug-likeness (QED) is 0.898. The number of hydrogen-bond acceptors (Lipinski definition) is 4. The SMILES string of the molecule is N#Cc1cn[c]nc1NCc1ccc(F)cc1F. The summed E-state index contributed by atoms with van der Waals surface area (Å²) < 4.78 is 26.1. The van der Waals surface area contributed by atoms with Crippen LogP contribution < -0.4 is 5.32 Å². The van der Waals surface area contributed by atoms with Crippen molar-refractivity contribution in [2.75, 3.05) is 5.32 Å². The third kappa shape index (κ3) is 2.58. The lowest BCUT2D eigenvalue weighted by atomic mass is 10.2. The summed E-state index contributed by atoms with van der Waals surface area (Å²) in [6.45, 7) is 0.0889. The first-order valence-electron chi connectivity index (χ1n) is 5.01. The fourth-order valence-corrected chi connectivity index (χ4v) is 1.35. The van der Waals surface area contributed by atoms with Crippen LogP contribution >= 0.6 is 0 Å². The average molecular weight is 245 g/mol. The number of nitrogens with one attached hydrogen (secondary N) is 1. The number of aromatic nitrogens is 2. The fraction of sp³-hybridized carbons (Fsp3) is 0.0833. The molecule has 1 aromatic carbocycles. The third-order valence-corrected chi connectivity index (χ3v) is 2.25. The minimum Gasteiger partial charge on any atom is -0.365 e. The van der Waals surface area contributed by atoms with Crippen LogP contribution in [0.1, 0.15) is 11.1 Å². The molecule has 2 rings (SSSR count). The van der Waals surface area contributed by atoms with Crippen molar-refractivity contribution in [2.45, 2.75) is 6.54 Å². The largest absolute Gasteiger partial charge is 0.365 e. The summed E-state index contributed by atoms with van der Waals surface area (Å²) in [5, 5.41) is 11.6. The first kappa shape index (κ1) is 11.9. The second-order valence-electron chi connectivity index (χ2n) is 3.43. The molecule has 0 unspecified atom stereocenters. The summed E-state index contributed by atoms with van der Waals surface area (Å²) in [7, 11) is 0. The maximum absolute atomic E-state index is 13.4. The van der Waals surface area contributed by atoms with Crippen molar-refractivity contribution >= 4 is 5.82 Å². The van der Waals surface area contributed by atoms with E-state index in [2.05, 4.69) is 21.6 Å². The Morgan fingerprint density at radius 3 is 2.94 bits per heavy atom. The molecule has 4 nitrogen and oxygen atoms in total. The van der Waals surface area contributed by atoms with Gasteiger partial charge in [-0.05, 0) is 6.07 Å². The second-order valence-corrected chi connectivity index (χ2v) is 3.43. The van der Waals surface area contributed by atoms with Gasteiger partial charge in [0.05, 0.1) is 6.20 Å². The summed E-state index contributed by atoms with van der Waals surface area (Å²) in [4.78, 5) is 7.32. The maximum atomic E-state index is 13.4. The molecule has 0 fully saturated rings. The molecule has 0 aliphatic rings. The highest BCUT2D eigenvalue weighted by molar-refractivity contribution is 5.50. The van der Waals surface area contributed by atoms with Gasteiger partial charge in [-0.25, -0.2) is 18.7 Å². The van der Waals surface area contributed by atoms with Crippen molar-refractivity contribution in [1.29, 1.82) is 5.26 Å². The van der Waals surface area contributed by atoms with Crippen LogP contribution in [0.4, 0.5) is 14.6 Å². The average Bonchev–Trinajstić information content (AvgIpc) is 2.38. The van der Waals surface area contributed by atoms with Crippen LogP contribution in [0, 0.1) is 29.3 Å². The lowest BCUT2D eigenvalue weighted by Gasteiger charge is -2.07. The molecule has 0 atom stereocenters. The molecule has 0 amide bonds. The van der Waals surface area contributed by atoms with Crippen molar-refractivity contribution in [2.24, 2.45) is 0 Å². The summed E-state index contributed by atoms with van der Waals surface area (Å²) >= 11 is 0. The van der Waals surface area contributed by atoms with Gasteiger partial charge in [-0.3, -0.25) is 0 Å². The van der Waals surface area contributed by atoms with Gasteiger partial charge in [-0.15, -0.1) is 0 Å². The maximum Gasteiger partial charge on any atom is 0.199 e. The molecule has 0 spiro atoms. The second kappa shape index (κ2) is 5.19. The van der Waals surface area contributed by atoms with Crippen LogP contribution in [0.3, 0.4) is 0 Å². The van der Waals surface area contributed by atoms with Crippen molar-refractivity contribution in [1.82, 2.24) is 9.97 Å². The predicted molar refractivity (Wildman–Crippen MR) is 59.3 cm³/mol. The number of hydrogen-bond donors (Lipinski definition) is 1. The van der Waals surface area contributed by atoms with E-state index in [0.717, 1.165) is 12.1 Å². The topological polar surface area (TPSA) is 61.6 Å². The molecule has 89 valence electrons. The summed E-state index contributed by atoms with van der Waals surface area (Å²) in [5.74, 6) is -1.03. The van der Waals surface area contributed by atoms with Crippen LogP contribution in [0.2, 0.25) is 0 Å². The number of nitrogens with zero attached hydrogens (tertiary/aromatic N) is 3. The zero-order chi connectivity index (χ0) is 13.0. The summed E-state index contributed by atoms with van der Waals surface area (Å²) in [5.41, 5.74) is 0.509. The van der Waals surface area contributed by atoms with Gasteiger partial charge >= 0.3 is 0 Å². The Hall–Kier alpha value is -2.55. The van der Waals surface area contributed by atoms with Crippen LogP contribution in [0.15, 0.2) is 24.4 Å². The van der Waals surface area contributed by atoms with Crippen molar-refractivity contribution in [3.05, 3.63) is 53.5 Å². The van der Waals surface area contributed by atoms with Crippen molar-refractivity contribution in [3.63, 3.8) is 0 Å². The molecule has 0 saturated carbocycles. The van der Waals surface area contributed by atoms with Gasteiger partial charge in [0.2, 0.25) is 0 Å². The molecule has 1 aromatic heterocycles. The van der Waals surface area contributed by atoms with E-state index in [1.807, 2.05) is 6.07 Å². The molecule has 1 heterocycles. The smallest absolute Gasteiger partial charge is 0.199 e. The van der Waals surface area contributed by atoms with Gasteiger partial charge in [-0.1, -0.05) is 6.07 Å². The molecule has 0 aliphatic carbocycles. The molecule has 6 heteroatoms. The van der Waals surface area contributed by atoms with Crippen LogP contribution in [-0.2, 0) is 6.54 Å². The Morgan fingerprint density at radius 2 is 2.22 bits per heavy atom. The molecule has 2 aromatic rings. The highest BCUT2D eigenvalue weighted by atomic mass is 19.1. The van der Waals surface area contributed by atoms with E-state index in [1.54, 1.807) is 0 Å². The van der Waals surface area contributed by atoms with Crippen LogP contribution in [0.5, 0.6) is 0 Å². The molecule has 1 N–H and O–H groups in total. The lowest BCUT2D eigenvalue weighted by Crippen LogP contribution is -2.05. The minimum absolute atomic E-state index is 0.0889. The first-order valence-corrected chi connectivity index (χ1v) is 5.01. The third-order valence-electron chi connectivity index (χ3n) is 2.25. The fourth-order valence-electron chi connectivity index (χ4n) is 1.35. The predicted octanol–water partition coefficient (Wildman–Crippen LogP) is 2.04. The minimum atomic E-state index is -0.654. The van der Waals surface area contributed by atoms with Gasteiger partial charge in [0.15, 0.2) is 6.33 Å². The van der Waals surface area contributed by atoms with Gasteiger partial charge in [0, 0.05) is 18.2 Å². The van der Waals surface area contributed by atoms with E-state index < -0.39 is 11.6 Å². The van der Waals surface area contributed by atoms with E-state index in [9.17, 15) is 8.78 Å². The number of rotatable bonds is 3. The molecule has 0 bridgehead atoms.